The lowest BCUT2D eigenvalue weighted by Gasteiger charge is -2.06. The average Bonchev–Trinajstić information content (AvgIpc) is 2.46. The molecule has 0 fully saturated rings. The zero-order chi connectivity index (χ0) is 13.5. The van der Waals surface area contributed by atoms with Crippen molar-refractivity contribution in [3.8, 4) is 11.8 Å². The molecule has 2 rings (SSSR count). The van der Waals surface area contributed by atoms with E-state index in [1.54, 1.807) is 24.3 Å². The Kier molecular flexibility index (Phi) is 4.33. The van der Waals surface area contributed by atoms with Crippen LogP contribution < -0.4 is 5.32 Å². The van der Waals surface area contributed by atoms with E-state index in [0.29, 0.717) is 11.1 Å². The van der Waals surface area contributed by atoms with Gasteiger partial charge in [-0.3, -0.25) is 4.79 Å². The number of hydrogen-bond acceptors (Lipinski definition) is 2. The van der Waals surface area contributed by atoms with Gasteiger partial charge in [-0.2, -0.15) is 0 Å². The number of aliphatic hydroxyl groups is 1. The lowest BCUT2D eigenvalue weighted by Crippen LogP contribution is -2.13. The predicted molar refractivity (Wildman–Crippen MR) is 74.8 cm³/mol. The summed E-state index contributed by atoms with van der Waals surface area (Å²) in [5.74, 6) is 5.10. The molecule has 2 aromatic rings. The number of anilines is 1. The molecule has 2 N–H and O–H groups in total. The van der Waals surface area contributed by atoms with Crippen molar-refractivity contribution in [1.29, 1.82) is 0 Å². The lowest BCUT2D eigenvalue weighted by molar-refractivity contribution is 0.102. The van der Waals surface area contributed by atoms with Crippen LogP contribution in [-0.2, 0) is 0 Å². The third-order valence-electron chi connectivity index (χ3n) is 2.51. The van der Waals surface area contributed by atoms with Crippen molar-refractivity contribution in [3.05, 3.63) is 65.7 Å². The second kappa shape index (κ2) is 6.39. The highest BCUT2D eigenvalue weighted by Gasteiger charge is 2.09. The van der Waals surface area contributed by atoms with Crippen LogP contribution >= 0.6 is 0 Å². The van der Waals surface area contributed by atoms with E-state index in [9.17, 15) is 4.79 Å². The van der Waals surface area contributed by atoms with Gasteiger partial charge in [-0.15, -0.1) is 0 Å². The summed E-state index contributed by atoms with van der Waals surface area (Å²) in [6, 6.07) is 16.3. The number of nitrogens with one attached hydrogen (secondary N) is 1. The molecule has 94 valence electrons. The average molecular weight is 251 g/mol. The molecule has 0 saturated carbocycles. The third kappa shape index (κ3) is 3.44. The molecule has 0 bridgehead atoms. The van der Waals surface area contributed by atoms with Gasteiger partial charge < -0.3 is 10.4 Å². The molecule has 0 aliphatic carbocycles. The number of hydrogen-bond donors (Lipinski definition) is 2. The molecule has 0 heterocycles. The monoisotopic (exact) mass is 251 g/mol. The van der Waals surface area contributed by atoms with Crippen molar-refractivity contribution in [1.82, 2.24) is 0 Å². The van der Waals surface area contributed by atoms with Crippen LogP contribution in [0.5, 0.6) is 0 Å². The van der Waals surface area contributed by atoms with E-state index in [1.807, 2.05) is 30.3 Å². The fraction of sp³-hybridized carbons (Fsp3) is 0.0625. The summed E-state index contributed by atoms with van der Waals surface area (Å²) in [7, 11) is 0. The van der Waals surface area contributed by atoms with Gasteiger partial charge in [-0.1, -0.05) is 42.2 Å². The summed E-state index contributed by atoms with van der Waals surface area (Å²) in [5.41, 5.74) is 1.83. The Morgan fingerprint density at radius 1 is 1.05 bits per heavy atom. The van der Waals surface area contributed by atoms with E-state index < -0.39 is 0 Å². The maximum atomic E-state index is 12.2. The molecule has 0 saturated heterocycles. The summed E-state index contributed by atoms with van der Waals surface area (Å²) in [6.45, 7) is -0.228. The highest BCUT2D eigenvalue weighted by Crippen LogP contribution is 2.12. The molecule has 1 amide bonds. The minimum atomic E-state index is -0.228. The first-order chi connectivity index (χ1) is 9.31. The highest BCUT2D eigenvalue weighted by atomic mass is 16.2. The van der Waals surface area contributed by atoms with E-state index >= 15 is 0 Å². The lowest BCUT2D eigenvalue weighted by atomic mass is 10.1. The van der Waals surface area contributed by atoms with Crippen molar-refractivity contribution in [2.24, 2.45) is 0 Å². The number of aliphatic hydroxyl groups excluding tert-OH is 1. The first-order valence-corrected chi connectivity index (χ1v) is 5.86. The molecule has 0 aliphatic heterocycles. The Balaban J connectivity index is 2.24. The molecular formula is C16H13NO2. The van der Waals surface area contributed by atoms with Crippen molar-refractivity contribution < 1.29 is 9.90 Å². The molecule has 0 spiro atoms. The second-order valence-corrected chi connectivity index (χ2v) is 3.83. The molecule has 0 aromatic heterocycles. The largest absolute Gasteiger partial charge is 0.384 e. The van der Waals surface area contributed by atoms with Crippen molar-refractivity contribution in [2.75, 3.05) is 11.9 Å². The van der Waals surface area contributed by atoms with Crippen LogP contribution in [0.1, 0.15) is 15.9 Å². The molecule has 0 aliphatic rings. The van der Waals surface area contributed by atoms with E-state index in [-0.39, 0.29) is 12.5 Å². The topological polar surface area (TPSA) is 49.3 Å². The number of para-hydroxylation sites is 1. The van der Waals surface area contributed by atoms with Crippen LogP contribution in [0.25, 0.3) is 0 Å². The first kappa shape index (κ1) is 12.9. The number of carbonyl (C=O) groups excluding carboxylic acids is 1. The minimum Gasteiger partial charge on any atom is -0.384 e. The maximum Gasteiger partial charge on any atom is 0.256 e. The number of rotatable bonds is 2. The molecular weight excluding hydrogens is 238 g/mol. The zero-order valence-electron chi connectivity index (χ0n) is 10.3. The molecule has 3 nitrogen and oxygen atoms in total. The molecule has 19 heavy (non-hydrogen) atoms. The van der Waals surface area contributed by atoms with Crippen molar-refractivity contribution in [2.45, 2.75) is 0 Å². The predicted octanol–water partition coefficient (Wildman–Crippen LogP) is 2.28. The third-order valence-corrected chi connectivity index (χ3v) is 2.51. The number of amides is 1. The second-order valence-electron chi connectivity index (χ2n) is 3.83. The van der Waals surface area contributed by atoms with Gasteiger partial charge in [-0.25, -0.2) is 0 Å². The Hall–Kier alpha value is -2.57. The minimum absolute atomic E-state index is 0.214. The summed E-state index contributed by atoms with van der Waals surface area (Å²) in [6.07, 6.45) is 0. The Morgan fingerprint density at radius 2 is 1.74 bits per heavy atom. The Labute approximate surface area is 111 Å². The van der Waals surface area contributed by atoms with E-state index in [0.717, 1.165) is 5.69 Å². The molecule has 2 aromatic carbocycles. The van der Waals surface area contributed by atoms with Gasteiger partial charge in [0.15, 0.2) is 0 Å². The molecule has 0 radical (unpaired) electrons. The Morgan fingerprint density at radius 3 is 2.47 bits per heavy atom. The van der Waals surface area contributed by atoms with Gasteiger partial charge >= 0.3 is 0 Å². The van der Waals surface area contributed by atoms with Gasteiger partial charge in [0.2, 0.25) is 0 Å². The van der Waals surface area contributed by atoms with Crippen LogP contribution in [0.2, 0.25) is 0 Å². The summed E-state index contributed by atoms with van der Waals surface area (Å²) >= 11 is 0. The van der Waals surface area contributed by atoms with Crippen LogP contribution in [0.15, 0.2) is 54.6 Å². The summed E-state index contributed by atoms with van der Waals surface area (Å²) in [5, 5.41) is 11.5. The van der Waals surface area contributed by atoms with Crippen LogP contribution in [-0.4, -0.2) is 17.6 Å². The molecule has 0 unspecified atom stereocenters. The van der Waals surface area contributed by atoms with Crippen molar-refractivity contribution >= 4 is 11.6 Å². The standard InChI is InChI=1S/C16H13NO2/c18-12-6-8-13-7-4-5-11-15(13)16(19)17-14-9-2-1-3-10-14/h1-5,7,9-11,18H,12H2,(H,17,19). The van der Waals surface area contributed by atoms with Gasteiger partial charge in [0.05, 0.1) is 5.56 Å². The zero-order valence-corrected chi connectivity index (χ0v) is 10.3. The van der Waals surface area contributed by atoms with E-state index in [2.05, 4.69) is 17.2 Å². The number of carbonyl (C=O) groups is 1. The van der Waals surface area contributed by atoms with Gasteiger partial charge in [0, 0.05) is 11.3 Å². The fourth-order valence-corrected chi connectivity index (χ4v) is 1.64. The van der Waals surface area contributed by atoms with E-state index in [4.69, 9.17) is 5.11 Å². The number of benzene rings is 2. The normalized spacial score (nSPS) is 9.32. The molecule has 0 atom stereocenters. The smallest absolute Gasteiger partial charge is 0.256 e. The van der Waals surface area contributed by atoms with Gasteiger partial charge in [0.25, 0.3) is 5.91 Å². The molecule has 3 heteroatoms. The van der Waals surface area contributed by atoms with Gasteiger partial charge in [0.1, 0.15) is 6.61 Å². The quantitative estimate of drug-likeness (QED) is 0.804. The SMILES string of the molecule is O=C(Nc1ccccc1)c1ccccc1C#CCO. The summed E-state index contributed by atoms with van der Waals surface area (Å²) in [4.78, 5) is 12.2. The summed E-state index contributed by atoms with van der Waals surface area (Å²) < 4.78 is 0. The van der Waals surface area contributed by atoms with Crippen LogP contribution in [0.3, 0.4) is 0 Å². The Bertz CT molecular complexity index is 624. The fourth-order valence-electron chi connectivity index (χ4n) is 1.64. The van der Waals surface area contributed by atoms with Gasteiger partial charge in [-0.05, 0) is 24.3 Å². The highest BCUT2D eigenvalue weighted by molar-refractivity contribution is 6.05. The van der Waals surface area contributed by atoms with Crippen LogP contribution in [0.4, 0.5) is 5.69 Å². The first-order valence-electron chi connectivity index (χ1n) is 5.86. The maximum absolute atomic E-state index is 12.2. The van der Waals surface area contributed by atoms with Crippen LogP contribution in [0, 0.1) is 11.8 Å². The van der Waals surface area contributed by atoms with Crippen molar-refractivity contribution in [3.63, 3.8) is 0 Å². The van der Waals surface area contributed by atoms with E-state index in [1.165, 1.54) is 0 Å².